The third-order valence-electron chi connectivity index (χ3n) is 20.0. The van der Waals surface area contributed by atoms with Crippen LogP contribution >= 0.6 is 0 Å². The van der Waals surface area contributed by atoms with E-state index in [1.807, 2.05) is 0 Å². The number of aliphatic hydroxyl groups is 12. The maximum Gasteiger partial charge on any atom is 0.187 e. The summed E-state index contributed by atoms with van der Waals surface area (Å²) in [5, 5.41) is 132. The van der Waals surface area contributed by atoms with Gasteiger partial charge < -0.3 is 85.0 Å². The van der Waals surface area contributed by atoms with Gasteiger partial charge in [0.15, 0.2) is 12.6 Å². The molecule has 3 saturated heterocycles. The van der Waals surface area contributed by atoms with Gasteiger partial charge in [-0.25, -0.2) is 0 Å². The molecule has 66 heavy (non-hydrogen) atoms. The van der Waals surface area contributed by atoms with Crippen LogP contribution in [0.3, 0.4) is 0 Å². The lowest BCUT2D eigenvalue weighted by Crippen LogP contribution is -2.69. The first-order valence-corrected chi connectivity index (χ1v) is 24.7. The maximum atomic E-state index is 12.6. The average molecular weight is 943 g/mol. The van der Waals surface area contributed by atoms with E-state index in [0.717, 1.165) is 38.5 Å². The summed E-state index contributed by atoms with van der Waals surface area (Å²) in [6.07, 6.45) is -14.9. The Morgan fingerprint density at radius 3 is 1.97 bits per heavy atom. The van der Waals surface area contributed by atoms with Crippen molar-refractivity contribution in [1.82, 2.24) is 0 Å². The van der Waals surface area contributed by atoms with Gasteiger partial charge in [0, 0.05) is 11.3 Å². The van der Waals surface area contributed by atoms with Crippen molar-refractivity contribution >= 4 is 0 Å². The van der Waals surface area contributed by atoms with Crippen LogP contribution in [0.15, 0.2) is 11.6 Å². The van der Waals surface area contributed by atoms with Gasteiger partial charge in [0.1, 0.15) is 67.1 Å². The second-order valence-electron chi connectivity index (χ2n) is 24.3. The minimum absolute atomic E-state index is 0.0346. The fourth-order valence-electron chi connectivity index (χ4n) is 15.8. The molecule has 0 bridgehead atoms. The SMILES string of the molecule is C[C@@H]1O[C@@H](O[C@H]2[C@H](O)[C@@H](O)[C@H](C[C@H]3CC[C@]4(C)[C@H]5[C@H](O)C=C6[C@@H]7CC(C)(C)CC[C@]7(CO)[C@@H](O)C[C@@]6(C)[C@]5(C)CC[C@H]4C3(C)C)O[C@@H]2CO[C@@H]2O[C@H](CO)[C@@H](O)[C@H](O)[C@H]2O)[C@H](O)[C@H](O)[C@H]1O. The van der Waals surface area contributed by atoms with Gasteiger partial charge in [-0.05, 0) is 110 Å². The molecule has 0 amide bonds. The molecule has 0 aromatic heterocycles. The smallest absolute Gasteiger partial charge is 0.187 e. The van der Waals surface area contributed by atoms with Crippen molar-refractivity contribution in [2.75, 3.05) is 19.8 Å². The molecule has 0 spiro atoms. The molecule has 8 rings (SSSR count). The van der Waals surface area contributed by atoms with E-state index < -0.39 is 128 Å². The van der Waals surface area contributed by atoms with Crippen molar-refractivity contribution < 1.29 is 85.0 Å². The molecular formula is C49H82O17. The number of hydrogen-bond donors (Lipinski definition) is 12. The zero-order valence-corrected chi connectivity index (χ0v) is 40.1. The van der Waals surface area contributed by atoms with Crippen LogP contribution in [0.4, 0.5) is 0 Å². The van der Waals surface area contributed by atoms with E-state index in [9.17, 15) is 61.3 Å². The summed E-state index contributed by atoms with van der Waals surface area (Å²) in [6.45, 7) is 16.2. The van der Waals surface area contributed by atoms with Crippen molar-refractivity contribution in [3.05, 3.63) is 11.6 Å². The second-order valence-corrected chi connectivity index (χ2v) is 24.3. The lowest BCUT2D eigenvalue weighted by atomic mass is 9.32. The van der Waals surface area contributed by atoms with Gasteiger partial charge in [-0.1, -0.05) is 60.1 Å². The van der Waals surface area contributed by atoms with Gasteiger partial charge >= 0.3 is 0 Å². The van der Waals surface area contributed by atoms with Crippen LogP contribution in [0.2, 0.25) is 0 Å². The molecule has 17 nitrogen and oxygen atoms in total. The van der Waals surface area contributed by atoms with Gasteiger partial charge in [0.05, 0.1) is 44.2 Å². The molecule has 380 valence electrons. The number of rotatable bonds is 9. The standard InChI is InChI=1S/C49H82O17/c1-22-32(54)35(57)39(61)43(63-22)66-40-29(20-62-42-38(60)36(58)34(56)28(19-50)65-42)64-27(33(55)37(40)59)15-23-9-11-46(6)30(45(23,4)5)10-12-47(7)41(46)26(52)16-24-25-17-44(2,3)13-14-49(25,21-51)31(53)18-48(24,47)8/h16,22-23,25-43,50-61H,9-15,17-21H2,1-8H3/t22-,23+,25-,26+,27-,28+,29+,30-,31-,32-,33-,34+,35+,36-,37+,38+,39+,40+,41+,42+,43-,46-,47+,48+,49+/m0/s1. The number of hydrogen-bond acceptors (Lipinski definition) is 17. The van der Waals surface area contributed by atoms with Gasteiger partial charge in [0.25, 0.3) is 0 Å². The summed E-state index contributed by atoms with van der Waals surface area (Å²) in [7, 11) is 0. The Balaban J connectivity index is 1.04. The zero-order chi connectivity index (χ0) is 48.4. The Morgan fingerprint density at radius 1 is 0.652 bits per heavy atom. The largest absolute Gasteiger partial charge is 0.396 e. The number of allylic oxidation sites excluding steroid dienone is 1. The van der Waals surface area contributed by atoms with Crippen LogP contribution in [0.1, 0.15) is 113 Å². The molecule has 7 fully saturated rings. The monoisotopic (exact) mass is 943 g/mol. The molecule has 3 heterocycles. The number of aliphatic hydroxyl groups excluding tert-OH is 12. The van der Waals surface area contributed by atoms with Gasteiger partial charge in [0.2, 0.25) is 0 Å². The van der Waals surface area contributed by atoms with Gasteiger partial charge in [-0.2, -0.15) is 0 Å². The minimum Gasteiger partial charge on any atom is -0.396 e. The Kier molecular flexibility index (Phi) is 14.0. The van der Waals surface area contributed by atoms with Crippen LogP contribution in [0, 0.1) is 56.2 Å². The van der Waals surface area contributed by atoms with Crippen molar-refractivity contribution in [2.24, 2.45) is 56.2 Å². The molecule has 0 aromatic rings. The number of ether oxygens (including phenoxy) is 5. The molecule has 0 unspecified atom stereocenters. The van der Waals surface area contributed by atoms with Crippen LogP contribution in [-0.4, -0.2) is 185 Å². The summed E-state index contributed by atoms with van der Waals surface area (Å²) in [5.41, 5.74) is -0.823. The first-order chi connectivity index (χ1) is 30.7. The van der Waals surface area contributed by atoms with E-state index in [1.54, 1.807) is 0 Å². The molecule has 0 radical (unpaired) electrons. The molecule has 3 aliphatic heterocycles. The molecule has 25 atom stereocenters. The zero-order valence-electron chi connectivity index (χ0n) is 40.1. The molecular weight excluding hydrogens is 861 g/mol. The molecule has 8 aliphatic rings. The van der Waals surface area contributed by atoms with Crippen LogP contribution in [-0.2, 0) is 23.7 Å². The Bertz CT molecular complexity index is 1760. The Labute approximate surface area is 389 Å². The van der Waals surface area contributed by atoms with Crippen molar-refractivity contribution in [1.29, 1.82) is 0 Å². The van der Waals surface area contributed by atoms with Gasteiger partial charge in [-0.15, -0.1) is 0 Å². The highest BCUT2D eigenvalue weighted by Gasteiger charge is 2.71. The van der Waals surface area contributed by atoms with Gasteiger partial charge in [-0.3, -0.25) is 0 Å². The predicted octanol–water partition coefficient (Wildman–Crippen LogP) is 0.247. The second kappa shape index (κ2) is 18.0. The van der Waals surface area contributed by atoms with E-state index in [2.05, 4.69) is 54.5 Å². The van der Waals surface area contributed by atoms with E-state index in [0.29, 0.717) is 19.3 Å². The predicted molar refractivity (Wildman–Crippen MR) is 235 cm³/mol. The third-order valence-corrected chi connectivity index (χ3v) is 20.0. The van der Waals surface area contributed by atoms with Crippen molar-refractivity contribution in [3.8, 4) is 0 Å². The lowest BCUT2D eigenvalue weighted by Gasteiger charge is -2.73. The summed E-state index contributed by atoms with van der Waals surface area (Å²) < 4.78 is 29.8. The lowest BCUT2D eigenvalue weighted by molar-refractivity contribution is -0.347. The van der Waals surface area contributed by atoms with E-state index in [4.69, 9.17) is 23.7 Å². The first kappa shape index (κ1) is 51.4. The Morgan fingerprint density at radius 2 is 1.30 bits per heavy atom. The summed E-state index contributed by atoms with van der Waals surface area (Å²) >= 11 is 0. The molecule has 0 aromatic carbocycles. The normalized spacial score (nSPS) is 55.7. The topological polar surface area (TPSA) is 289 Å². The summed E-state index contributed by atoms with van der Waals surface area (Å²) in [5.74, 6) is -0.0644. The van der Waals surface area contributed by atoms with E-state index in [1.165, 1.54) is 12.5 Å². The first-order valence-electron chi connectivity index (χ1n) is 24.7. The van der Waals surface area contributed by atoms with E-state index in [-0.39, 0.29) is 51.9 Å². The van der Waals surface area contributed by atoms with Crippen LogP contribution in [0.25, 0.3) is 0 Å². The maximum absolute atomic E-state index is 12.6. The highest BCUT2D eigenvalue weighted by atomic mass is 16.7. The fraction of sp³-hybridized carbons (Fsp3) is 0.959. The quantitative estimate of drug-likeness (QED) is 0.138. The molecule has 12 N–H and O–H groups in total. The number of fused-ring (bicyclic) bond motifs is 7. The molecule has 17 heteroatoms. The molecule has 5 aliphatic carbocycles. The fourth-order valence-corrected chi connectivity index (χ4v) is 15.8. The van der Waals surface area contributed by atoms with Crippen LogP contribution in [0.5, 0.6) is 0 Å². The Hall–Kier alpha value is -0.940. The molecule has 4 saturated carbocycles. The summed E-state index contributed by atoms with van der Waals surface area (Å²) in [6, 6.07) is 0. The van der Waals surface area contributed by atoms with Crippen molar-refractivity contribution in [3.63, 3.8) is 0 Å². The third kappa shape index (κ3) is 7.93. The van der Waals surface area contributed by atoms with E-state index >= 15 is 0 Å². The average Bonchev–Trinajstić information content (AvgIpc) is 3.25. The minimum atomic E-state index is -1.75. The highest BCUT2D eigenvalue weighted by molar-refractivity contribution is 5.37. The summed E-state index contributed by atoms with van der Waals surface area (Å²) in [4.78, 5) is 0. The van der Waals surface area contributed by atoms with Crippen molar-refractivity contribution in [2.45, 2.75) is 217 Å². The highest BCUT2D eigenvalue weighted by Crippen LogP contribution is 2.76. The van der Waals surface area contributed by atoms with Crippen LogP contribution < -0.4 is 0 Å².